The van der Waals surface area contributed by atoms with Crippen LogP contribution in [0.5, 0.6) is 0 Å². The van der Waals surface area contributed by atoms with Crippen LogP contribution in [-0.4, -0.2) is 18.5 Å². The number of hydrogen-bond donors (Lipinski definition) is 0. The van der Waals surface area contributed by atoms with E-state index in [1.807, 2.05) is 6.07 Å². The molecular formula is C13H15O4-. The molecule has 1 aromatic rings. The van der Waals surface area contributed by atoms with Crippen molar-refractivity contribution in [3.05, 3.63) is 35.9 Å². The number of esters is 1. The van der Waals surface area contributed by atoms with E-state index in [4.69, 9.17) is 4.74 Å². The number of carbonyl (C=O) groups is 2. The average Bonchev–Trinajstić information content (AvgIpc) is 2.30. The summed E-state index contributed by atoms with van der Waals surface area (Å²) in [6, 6.07) is 9.03. The van der Waals surface area contributed by atoms with E-state index in [0.717, 1.165) is 5.56 Å². The van der Waals surface area contributed by atoms with Crippen LogP contribution in [-0.2, 0) is 14.3 Å². The number of carboxylic acid groups (broad SMARTS) is 1. The van der Waals surface area contributed by atoms with Crippen molar-refractivity contribution in [2.75, 3.05) is 6.61 Å². The summed E-state index contributed by atoms with van der Waals surface area (Å²) in [7, 11) is 0. The molecule has 4 nitrogen and oxygen atoms in total. The lowest BCUT2D eigenvalue weighted by Crippen LogP contribution is -2.24. The van der Waals surface area contributed by atoms with Gasteiger partial charge in [0.2, 0.25) is 0 Å². The summed E-state index contributed by atoms with van der Waals surface area (Å²) in [5.74, 6) is -2.08. The fourth-order valence-corrected chi connectivity index (χ4v) is 1.61. The number of ether oxygens (including phenoxy) is 1. The third-order valence-electron chi connectivity index (χ3n) is 2.41. The summed E-state index contributed by atoms with van der Waals surface area (Å²) in [6.45, 7) is 2.01. The van der Waals surface area contributed by atoms with Crippen LogP contribution in [0, 0.1) is 0 Å². The fourth-order valence-electron chi connectivity index (χ4n) is 1.61. The van der Waals surface area contributed by atoms with Gasteiger partial charge < -0.3 is 14.6 Å². The first kappa shape index (κ1) is 13.2. The van der Waals surface area contributed by atoms with Gasteiger partial charge in [-0.15, -0.1) is 0 Å². The third-order valence-corrected chi connectivity index (χ3v) is 2.41. The SMILES string of the molecule is CCOC(=O)C(CCC(=O)[O-])c1ccccc1. The summed E-state index contributed by atoms with van der Waals surface area (Å²) < 4.78 is 4.94. The van der Waals surface area contributed by atoms with Gasteiger partial charge in [-0.05, 0) is 25.3 Å². The molecule has 0 spiro atoms. The second-order valence-corrected chi connectivity index (χ2v) is 3.63. The quantitative estimate of drug-likeness (QED) is 0.686. The lowest BCUT2D eigenvalue weighted by molar-refractivity contribution is -0.305. The lowest BCUT2D eigenvalue weighted by Gasteiger charge is -2.16. The molecule has 0 heterocycles. The second-order valence-electron chi connectivity index (χ2n) is 3.63. The summed E-state index contributed by atoms with van der Waals surface area (Å²) >= 11 is 0. The van der Waals surface area contributed by atoms with Crippen LogP contribution >= 0.6 is 0 Å². The van der Waals surface area contributed by atoms with Crippen molar-refractivity contribution in [1.29, 1.82) is 0 Å². The van der Waals surface area contributed by atoms with Gasteiger partial charge in [0.05, 0.1) is 12.5 Å². The number of hydrogen-bond acceptors (Lipinski definition) is 4. The zero-order chi connectivity index (χ0) is 12.7. The summed E-state index contributed by atoms with van der Waals surface area (Å²) in [4.78, 5) is 22.2. The Balaban J connectivity index is 2.78. The number of carboxylic acids is 1. The maximum absolute atomic E-state index is 11.7. The Morgan fingerprint density at radius 3 is 2.47 bits per heavy atom. The van der Waals surface area contributed by atoms with Crippen molar-refractivity contribution in [2.45, 2.75) is 25.7 Å². The minimum Gasteiger partial charge on any atom is -0.550 e. The zero-order valence-electron chi connectivity index (χ0n) is 9.72. The van der Waals surface area contributed by atoms with E-state index in [0.29, 0.717) is 0 Å². The normalized spacial score (nSPS) is 11.8. The van der Waals surface area contributed by atoms with Crippen molar-refractivity contribution in [3.63, 3.8) is 0 Å². The monoisotopic (exact) mass is 235 g/mol. The molecular weight excluding hydrogens is 220 g/mol. The van der Waals surface area contributed by atoms with Crippen molar-refractivity contribution in [2.24, 2.45) is 0 Å². The highest BCUT2D eigenvalue weighted by molar-refractivity contribution is 5.79. The van der Waals surface area contributed by atoms with Crippen LogP contribution in [0.25, 0.3) is 0 Å². The number of rotatable bonds is 6. The van der Waals surface area contributed by atoms with Crippen LogP contribution in [0.2, 0.25) is 0 Å². The van der Waals surface area contributed by atoms with E-state index in [2.05, 4.69) is 0 Å². The van der Waals surface area contributed by atoms with Crippen molar-refractivity contribution in [1.82, 2.24) is 0 Å². The van der Waals surface area contributed by atoms with Crippen LogP contribution in [0.1, 0.15) is 31.2 Å². The Bertz CT molecular complexity index is 372. The van der Waals surface area contributed by atoms with E-state index < -0.39 is 11.9 Å². The first-order chi connectivity index (χ1) is 8.15. The zero-order valence-corrected chi connectivity index (χ0v) is 9.72. The van der Waals surface area contributed by atoms with Crippen LogP contribution in [0.15, 0.2) is 30.3 Å². The predicted octanol–water partition coefficient (Wildman–Crippen LogP) is 0.863. The number of benzene rings is 1. The molecule has 1 rings (SSSR count). The highest BCUT2D eigenvalue weighted by Crippen LogP contribution is 2.22. The van der Waals surface area contributed by atoms with Crippen LogP contribution in [0.3, 0.4) is 0 Å². The Morgan fingerprint density at radius 2 is 1.94 bits per heavy atom. The molecule has 1 atom stereocenters. The standard InChI is InChI=1S/C13H16O4/c1-2-17-13(16)11(8-9-12(14)15)10-6-4-3-5-7-10/h3-7,11H,2,8-9H2,1H3,(H,14,15)/p-1. The molecule has 0 amide bonds. The molecule has 0 bridgehead atoms. The van der Waals surface area contributed by atoms with Crippen molar-refractivity contribution in [3.8, 4) is 0 Å². The molecule has 0 aromatic heterocycles. The van der Waals surface area contributed by atoms with E-state index in [1.54, 1.807) is 31.2 Å². The maximum atomic E-state index is 11.7. The van der Waals surface area contributed by atoms with Gasteiger partial charge in [0.15, 0.2) is 0 Å². The van der Waals surface area contributed by atoms with E-state index in [1.165, 1.54) is 0 Å². The highest BCUT2D eigenvalue weighted by Gasteiger charge is 2.21. The Labute approximate surface area is 100 Å². The predicted molar refractivity (Wildman–Crippen MR) is 60.1 cm³/mol. The Hall–Kier alpha value is -1.84. The minimum absolute atomic E-state index is 0.154. The summed E-state index contributed by atoms with van der Waals surface area (Å²) in [6.07, 6.45) is 0.0452. The van der Waals surface area contributed by atoms with Gasteiger partial charge in [-0.25, -0.2) is 0 Å². The van der Waals surface area contributed by atoms with Crippen molar-refractivity contribution >= 4 is 11.9 Å². The second kappa shape index (κ2) is 6.68. The molecule has 1 aromatic carbocycles. The minimum atomic E-state index is -1.16. The van der Waals surface area contributed by atoms with Gasteiger partial charge in [0, 0.05) is 5.97 Å². The van der Waals surface area contributed by atoms with E-state index in [-0.39, 0.29) is 25.4 Å². The average molecular weight is 235 g/mol. The van der Waals surface area contributed by atoms with Crippen molar-refractivity contribution < 1.29 is 19.4 Å². The van der Waals surface area contributed by atoms with Gasteiger partial charge in [-0.1, -0.05) is 30.3 Å². The molecule has 0 aliphatic carbocycles. The van der Waals surface area contributed by atoms with Crippen LogP contribution < -0.4 is 5.11 Å². The molecule has 0 radical (unpaired) electrons. The Kier molecular flexibility index (Phi) is 5.20. The molecule has 0 aliphatic heterocycles. The smallest absolute Gasteiger partial charge is 0.313 e. The van der Waals surface area contributed by atoms with E-state index in [9.17, 15) is 14.7 Å². The lowest BCUT2D eigenvalue weighted by atomic mass is 9.94. The topological polar surface area (TPSA) is 66.4 Å². The van der Waals surface area contributed by atoms with Crippen LogP contribution in [0.4, 0.5) is 0 Å². The molecule has 4 heteroatoms. The molecule has 17 heavy (non-hydrogen) atoms. The van der Waals surface area contributed by atoms with Gasteiger partial charge in [-0.2, -0.15) is 0 Å². The first-order valence-electron chi connectivity index (χ1n) is 5.56. The fraction of sp³-hybridized carbons (Fsp3) is 0.385. The largest absolute Gasteiger partial charge is 0.550 e. The summed E-state index contributed by atoms with van der Waals surface area (Å²) in [5.41, 5.74) is 0.771. The molecule has 0 N–H and O–H groups in total. The van der Waals surface area contributed by atoms with E-state index >= 15 is 0 Å². The first-order valence-corrected chi connectivity index (χ1v) is 5.56. The summed E-state index contributed by atoms with van der Waals surface area (Å²) in [5, 5.41) is 10.5. The molecule has 0 aliphatic rings. The third kappa shape index (κ3) is 4.26. The Morgan fingerprint density at radius 1 is 1.29 bits per heavy atom. The number of aliphatic carboxylic acids is 1. The maximum Gasteiger partial charge on any atom is 0.313 e. The van der Waals surface area contributed by atoms with Gasteiger partial charge in [0.1, 0.15) is 0 Å². The van der Waals surface area contributed by atoms with Gasteiger partial charge in [-0.3, -0.25) is 4.79 Å². The molecule has 0 saturated carbocycles. The number of carbonyl (C=O) groups excluding carboxylic acids is 2. The molecule has 92 valence electrons. The molecule has 0 saturated heterocycles. The highest BCUT2D eigenvalue weighted by atomic mass is 16.5. The molecule has 0 fully saturated rings. The van der Waals surface area contributed by atoms with Gasteiger partial charge >= 0.3 is 5.97 Å². The van der Waals surface area contributed by atoms with Gasteiger partial charge in [0.25, 0.3) is 0 Å². The molecule has 1 unspecified atom stereocenters.